The molecule has 1 aromatic heterocycles. The summed E-state index contributed by atoms with van der Waals surface area (Å²) in [6.07, 6.45) is 1.62. The molecule has 0 spiro atoms. The number of benzene rings is 1. The molecule has 0 unspecified atom stereocenters. The molecular formula is C16H19NO5. The second-order valence-electron chi connectivity index (χ2n) is 4.94. The number of carbonyl (C=O) groups is 2. The van der Waals surface area contributed by atoms with Crippen LogP contribution in [0.3, 0.4) is 0 Å². The lowest BCUT2D eigenvalue weighted by molar-refractivity contribution is -0.147. The molecule has 0 saturated heterocycles. The van der Waals surface area contributed by atoms with Gasteiger partial charge in [0.15, 0.2) is 6.61 Å². The summed E-state index contributed by atoms with van der Waals surface area (Å²) in [5.74, 6) is -0.816. The van der Waals surface area contributed by atoms with Gasteiger partial charge >= 0.3 is 5.97 Å². The van der Waals surface area contributed by atoms with Crippen LogP contribution in [0.1, 0.15) is 11.1 Å². The van der Waals surface area contributed by atoms with Crippen LogP contribution in [0.5, 0.6) is 0 Å². The molecule has 118 valence electrons. The van der Waals surface area contributed by atoms with Crippen molar-refractivity contribution < 1.29 is 23.5 Å². The van der Waals surface area contributed by atoms with E-state index in [9.17, 15) is 9.59 Å². The Morgan fingerprint density at radius 3 is 2.91 bits per heavy atom. The third-order valence-electron chi connectivity index (χ3n) is 3.14. The number of furan rings is 1. The molecule has 22 heavy (non-hydrogen) atoms. The highest BCUT2D eigenvalue weighted by Crippen LogP contribution is 2.22. The number of esters is 1. The Bertz CT molecular complexity index is 662. The van der Waals surface area contributed by atoms with Crippen LogP contribution in [0.4, 0.5) is 0 Å². The molecule has 2 rings (SSSR count). The second kappa shape index (κ2) is 7.61. The van der Waals surface area contributed by atoms with Crippen LogP contribution >= 0.6 is 0 Å². The summed E-state index contributed by atoms with van der Waals surface area (Å²) in [5.41, 5.74) is 2.57. The first-order valence-electron chi connectivity index (χ1n) is 6.98. The predicted octanol–water partition coefficient (Wildman–Crippen LogP) is 1.59. The molecule has 1 aromatic carbocycles. The fraction of sp³-hybridized carbons (Fsp3) is 0.375. The summed E-state index contributed by atoms with van der Waals surface area (Å²) in [6, 6.07) is 5.78. The maximum Gasteiger partial charge on any atom is 0.310 e. The molecule has 6 nitrogen and oxygen atoms in total. The zero-order chi connectivity index (χ0) is 15.9. The van der Waals surface area contributed by atoms with Crippen molar-refractivity contribution in [2.75, 3.05) is 26.9 Å². The number of rotatable bonds is 7. The molecule has 6 heteroatoms. The quantitative estimate of drug-likeness (QED) is 0.621. The van der Waals surface area contributed by atoms with E-state index in [2.05, 4.69) is 5.32 Å². The van der Waals surface area contributed by atoms with Crippen molar-refractivity contribution in [2.45, 2.75) is 13.3 Å². The van der Waals surface area contributed by atoms with Gasteiger partial charge in [0, 0.05) is 24.6 Å². The number of ether oxygens (including phenoxy) is 2. The van der Waals surface area contributed by atoms with E-state index in [-0.39, 0.29) is 18.9 Å². The topological polar surface area (TPSA) is 77.8 Å². The van der Waals surface area contributed by atoms with Gasteiger partial charge in [0.25, 0.3) is 5.91 Å². The maximum absolute atomic E-state index is 11.8. The molecule has 1 heterocycles. The molecule has 0 fully saturated rings. The minimum Gasteiger partial charge on any atom is -0.464 e. The van der Waals surface area contributed by atoms with Crippen LogP contribution in [0, 0.1) is 6.92 Å². The fourth-order valence-corrected chi connectivity index (χ4v) is 2.02. The highest BCUT2D eigenvalue weighted by atomic mass is 16.5. The molecule has 0 bridgehead atoms. The smallest absolute Gasteiger partial charge is 0.310 e. The van der Waals surface area contributed by atoms with Gasteiger partial charge in [-0.05, 0) is 18.6 Å². The Morgan fingerprint density at radius 2 is 2.14 bits per heavy atom. The lowest BCUT2D eigenvalue weighted by Crippen LogP contribution is -2.31. The van der Waals surface area contributed by atoms with Crippen LogP contribution in [0.2, 0.25) is 0 Å². The molecule has 1 amide bonds. The number of methoxy groups -OCH3 is 1. The number of nitrogens with one attached hydrogen (secondary N) is 1. The minimum atomic E-state index is -0.467. The fourth-order valence-electron chi connectivity index (χ4n) is 2.02. The first-order chi connectivity index (χ1) is 10.6. The number of hydrogen-bond donors (Lipinski definition) is 1. The van der Waals surface area contributed by atoms with E-state index in [1.54, 1.807) is 13.4 Å². The van der Waals surface area contributed by atoms with Gasteiger partial charge < -0.3 is 19.2 Å². The van der Waals surface area contributed by atoms with E-state index in [0.29, 0.717) is 13.2 Å². The molecule has 0 aliphatic carbocycles. The Kier molecular flexibility index (Phi) is 5.55. The van der Waals surface area contributed by atoms with Crippen molar-refractivity contribution in [2.24, 2.45) is 0 Å². The normalized spacial score (nSPS) is 10.6. The van der Waals surface area contributed by atoms with Gasteiger partial charge in [-0.3, -0.25) is 9.59 Å². The lowest BCUT2D eigenvalue weighted by Gasteiger charge is -2.05. The average Bonchev–Trinajstić information content (AvgIpc) is 2.87. The van der Waals surface area contributed by atoms with Gasteiger partial charge in [0.1, 0.15) is 5.58 Å². The second-order valence-corrected chi connectivity index (χ2v) is 4.94. The zero-order valence-corrected chi connectivity index (χ0v) is 12.7. The van der Waals surface area contributed by atoms with Crippen LogP contribution in [0.25, 0.3) is 11.0 Å². The first-order valence-corrected chi connectivity index (χ1v) is 6.98. The van der Waals surface area contributed by atoms with Crippen molar-refractivity contribution in [1.82, 2.24) is 5.32 Å². The highest BCUT2D eigenvalue weighted by molar-refractivity contribution is 5.87. The van der Waals surface area contributed by atoms with E-state index >= 15 is 0 Å². The van der Waals surface area contributed by atoms with Gasteiger partial charge in [0.2, 0.25) is 0 Å². The van der Waals surface area contributed by atoms with Crippen LogP contribution in [-0.2, 0) is 25.5 Å². The summed E-state index contributed by atoms with van der Waals surface area (Å²) in [4.78, 5) is 23.2. The van der Waals surface area contributed by atoms with E-state index < -0.39 is 5.97 Å². The number of carbonyl (C=O) groups excluding carboxylic acids is 2. The summed E-state index contributed by atoms with van der Waals surface area (Å²) in [5, 5.41) is 3.46. The van der Waals surface area contributed by atoms with Gasteiger partial charge in [-0.15, -0.1) is 0 Å². The predicted molar refractivity (Wildman–Crippen MR) is 80.5 cm³/mol. The SMILES string of the molecule is COCCNC(=O)COC(=O)Cc1coc2cc(C)ccc12. The maximum atomic E-state index is 11.8. The Labute approximate surface area is 128 Å². The number of hydrogen-bond acceptors (Lipinski definition) is 5. The van der Waals surface area contributed by atoms with Gasteiger partial charge in [-0.2, -0.15) is 0 Å². The number of amides is 1. The third-order valence-corrected chi connectivity index (χ3v) is 3.14. The molecule has 0 saturated carbocycles. The first kappa shape index (κ1) is 16.0. The van der Waals surface area contributed by atoms with Gasteiger partial charge in [-0.1, -0.05) is 12.1 Å². The van der Waals surface area contributed by atoms with E-state index in [1.165, 1.54) is 0 Å². The number of fused-ring (bicyclic) bond motifs is 1. The van der Waals surface area contributed by atoms with Crippen molar-refractivity contribution in [3.63, 3.8) is 0 Å². The molecular weight excluding hydrogens is 286 g/mol. The van der Waals surface area contributed by atoms with Crippen molar-refractivity contribution in [3.05, 3.63) is 35.6 Å². The largest absolute Gasteiger partial charge is 0.464 e. The minimum absolute atomic E-state index is 0.0708. The van der Waals surface area contributed by atoms with Crippen LogP contribution in [-0.4, -0.2) is 38.7 Å². The Morgan fingerprint density at radius 1 is 1.32 bits per heavy atom. The third kappa shape index (κ3) is 4.33. The van der Waals surface area contributed by atoms with E-state index in [0.717, 1.165) is 22.1 Å². The van der Waals surface area contributed by atoms with Crippen molar-refractivity contribution in [3.8, 4) is 0 Å². The van der Waals surface area contributed by atoms with Gasteiger partial charge in [-0.25, -0.2) is 0 Å². The van der Waals surface area contributed by atoms with E-state index in [4.69, 9.17) is 13.9 Å². The summed E-state index contributed by atoms with van der Waals surface area (Å²) < 4.78 is 15.2. The molecule has 0 aliphatic rings. The monoisotopic (exact) mass is 305 g/mol. The molecule has 2 aromatic rings. The molecule has 0 atom stereocenters. The zero-order valence-electron chi connectivity index (χ0n) is 12.7. The van der Waals surface area contributed by atoms with Crippen LogP contribution in [0.15, 0.2) is 28.9 Å². The standard InChI is InChI=1S/C16H19NO5/c1-11-3-4-13-12(9-21-14(13)7-11)8-16(19)22-10-15(18)17-5-6-20-2/h3-4,7,9H,5-6,8,10H2,1-2H3,(H,17,18). The lowest BCUT2D eigenvalue weighted by atomic mass is 10.1. The van der Waals surface area contributed by atoms with Crippen LogP contribution < -0.4 is 5.32 Å². The molecule has 1 N–H and O–H groups in total. The van der Waals surface area contributed by atoms with Crippen molar-refractivity contribution in [1.29, 1.82) is 0 Å². The van der Waals surface area contributed by atoms with E-state index in [1.807, 2.05) is 25.1 Å². The Hall–Kier alpha value is -2.34. The summed E-state index contributed by atoms with van der Waals surface area (Å²) >= 11 is 0. The molecule has 0 aliphatic heterocycles. The highest BCUT2D eigenvalue weighted by Gasteiger charge is 2.13. The summed E-state index contributed by atoms with van der Waals surface area (Å²) in [7, 11) is 1.54. The molecule has 0 radical (unpaired) electrons. The number of aryl methyl sites for hydroxylation is 1. The van der Waals surface area contributed by atoms with Gasteiger partial charge in [0.05, 0.1) is 19.3 Å². The average molecular weight is 305 g/mol. The van der Waals surface area contributed by atoms with Crippen molar-refractivity contribution >= 4 is 22.8 Å². The summed E-state index contributed by atoms with van der Waals surface area (Å²) in [6.45, 7) is 2.48. The Balaban J connectivity index is 1.85.